The van der Waals surface area contributed by atoms with Crippen molar-refractivity contribution in [3.63, 3.8) is 0 Å². The molecular weight excluding hydrogens is 436 g/mol. The standard InChI is InChI=1S/C25H36F4N2S/c1-2-3-4-8-12-22(26)13-9-16-32-30-14-15-31(24(29)23(27)28)25(19-30)18-21(25)17-20-10-6-5-7-11-20/h5-7,10-11,21-22H,2-4,8-9,12-19H2,1H3/t21?,22-,25?/m1/s1. The van der Waals surface area contributed by atoms with Gasteiger partial charge < -0.3 is 4.90 Å². The lowest BCUT2D eigenvalue weighted by Gasteiger charge is -2.42. The van der Waals surface area contributed by atoms with Crippen LogP contribution < -0.4 is 0 Å². The fourth-order valence-corrected chi connectivity index (χ4v) is 5.98. The Labute approximate surface area is 194 Å². The van der Waals surface area contributed by atoms with Crippen molar-refractivity contribution >= 4 is 11.9 Å². The molecule has 1 aromatic carbocycles. The van der Waals surface area contributed by atoms with Crippen LogP contribution in [-0.4, -0.2) is 46.3 Å². The average molecular weight is 473 g/mol. The summed E-state index contributed by atoms with van der Waals surface area (Å²) in [5.74, 6) is -0.407. The topological polar surface area (TPSA) is 6.48 Å². The molecule has 0 N–H and O–H groups in total. The van der Waals surface area contributed by atoms with Gasteiger partial charge in [0.2, 0.25) is 0 Å². The average Bonchev–Trinajstić information content (AvgIpc) is 3.45. The summed E-state index contributed by atoms with van der Waals surface area (Å²) in [6.07, 6.45) is 4.92. The number of unbranched alkanes of at least 4 members (excludes halogenated alkanes) is 3. The summed E-state index contributed by atoms with van der Waals surface area (Å²) in [5, 5.41) is 0. The maximum Gasteiger partial charge on any atom is 0.322 e. The maximum absolute atomic E-state index is 14.3. The van der Waals surface area contributed by atoms with Gasteiger partial charge in [-0.1, -0.05) is 74.9 Å². The predicted molar refractivity (Wildman–Crippen MR) is 125 cm³/mol. The van der Waals surface area contributed by atoms with Gasteiger partial charge in [0, 0.05) is 25.4 Å². The van der Waals surface area contributed by atoms with Gasteiger partial charge in [0.15, 0.2) is 0 Å². The van der Waals surface area contributed by atoms with E-state index >= 15 is 0 Å². The quantitative estimate of drug-likeness (QED) is 0.128. The molecule has 7 heteroatoms. The Hall–Kier alpha value is -1.21. The Morgan fingerprint density at radius 3 is 2.53 bits per heavy atom. The summed E-state index contributed by atoms with van der Waals surface area (Å²) in [4.78, 5) is 1.31. The molecule has 0 amide bonds. The minimum Gasteiger partial charge on any atom is -0.335 e. The number of halogens is 4. The first-order chi connectivity index (χ1) is 15.5. The molecule has 3 atom stereocenters. The van der Waals surface area contributed by atoms with Crippen molar-refractivity contribution in [3.05, 3.63) is 47.9 Å². The van der Waals surface area contributed by atoms with E-state index in [1.807, 2.05) is 30.3 Å². The number of nitrogens with zero attached hydrogens (tertiary/aromatic N) is 2. The lowest BCUT2D eigenvalue weighted by molar-refractivity contribution is 0.0890. The smallest absolute Gasteiger partial charge is 0.322 e. The largest absolute Gasteiger partial charge is 0.335 e. The fourth-order valence-electron chi connectivity index (χ4n) is 4.90. The fraction of sp³-hybridized carbons (Fsp3) is 0.680. The molecule has 2 fully saturated rings. The van der Waals surface area contributed by atoms with Crippen molar-refractivity contribution < 1.29 is 17.6 Å². The van der Waals surface area contributed by atoms with E-state index in [1.54, 1.807) is 11.9 Å². The number of hydrogen-bond acceptors (Lipinski definition) is 3. The van der Waals surface area contributed by atoms with Crippen LogP contribution in [0.5, 0.6) is 0 Å². The van der Waals surface area contributed by atoms with Crippen molar-refractivity contribution in [1.29, 1.82) is 0 Å². The second kappa shape index (κ2) is 12.3. The second-order valence-corrected chi connectivity index (χ2v) is 10.4. The summed E-state index contributed by atoms with van der Waals surface area (Å²) < 4.78 is 56.8. The van der Waals surface area contributed by atoms with Gasteiger partial charge in [0.1, 0.15) is 6.17 Å². The molecule has 3 rings (SSSR count). The van der Waals surface area contributed by atoms with Crippen molar-refractivity contribution in [2.75, 3.05) is 25.4 Å². The molecule has 32 heavy (non-hydrogen) atoms. The predicted octanol–water partition coefficient (Wildman–Crippen LogP) is 7.38. The van der Waals surface area contributed by atoms with Gasteiger partial charge in [-0.2, -0.15) is 13.2 Å². The van der Waals surface area contributed by atoms with Crippen molar-refractivity contribution in [1.82, 2.24) is 9.21 Å². The molecule has 1 spiro atoms. The third kappa shape index (κ3) is 6.89. The van der Waals surface area contributed by atoms with Gasteiger partial charge >= 0.3 is 6.08 Å². The second-order valence-electron chi connectivity index (χ2n) is 9.18. The minimum atomic E-state index is -2.23. The summed E-state index contributed by atoms with van der Waals surface area (Å²) in [7, 11) is 0. The molecule has 0 bridgehead atoms. The molecular formula is C25H36F4N2S. The van der Waals surface area contributed by atoms with Crippen LogP contribution in [0.1, 0.15) is 63.9 Å². The van der Waals surface area contributed by atoms with Crippen molar-refractivity contribution in [2.24, 2.45) is 5.92 Å². The van der Waals surface area contributed by atoms with Gasteiger partial charge in [0.25, 0.3) is 5.95 Å². The Morgan fingerprint density at radius 1 is 1.06 bits per heavy atom. The first-order valence-electron chi connectivity index (χ1n) is 12.0. The molecule has 0 aromatic heterocycles. The first kappa shape index (κ1) is 25.4. The molecule has 1 heterocycles. The zero-order valence-corrected chi connectivity index (χ0v) is 19.9. The Bertz CT molecular complexity index is 728. The molecule has 1 aliphatic carbocycles. The lowest BCUT2D eigenvalue weighted by atomic mass is 10.0. The molecule has 2 aliphatic rings. The van der Waals surface area contributed by atoms with E-state index in [1.165, 1.54) is 11.3 Å². The van der Waals surface area contributed by atoms with Crippen LogP contribution in [0, 0.1) is 5.92 Å². The van der Waals surface area contributed by atoms with Crippen molar-refractivity contribution in [2.45, 2.75) is 76.4 Å². The summed E-state index contributed by atoms with van der Waals surface area (Å²) in [5.41, 5.74) is 0.577. The van der Waals surface area contributed by atoms with Crippen LogP contribution in [0.3, 0.4) is 0 Å². The number of benzene rings is 1. The first-order valence-corrected chi connectivity index (χ1v) is 12.9. The normalized spacial score (nSPS) is 24.0. The van der Waals surface area contributed by atoms with Gasteiger partial charge in [-0.05, 0) is 43.6 Å². The van der Waals surface area contributed by atoms with Gasteiger partial charge in [-0.25, -0.2) is 8.70 Å². The molecule has 2 nitrogen and oxygen atoms in total. The maximum atomic E-state index is 14.3. The highest BCUT2D eigenvalue weighted by Crippen LogP contribution is 2.54. The SMILES string of the molecule is CCCCCC[C@@H](F)CCCSN1CCN(C(F)=C(F)F)C2(CC2Cc2ccccc2)C1. The third-order valence-corrected chi connectivity index (χ3v) is 7.93. The van der Waals surface area contributed by atoms with E-state index < -0.39 is 23.7 Å². The van der Waals surface area contributed by atoms with Gasteiger partial charge in [-0.15, -0.1) is 0 Å². The van der Waals surface area contributed by atoms with Crippen LogP contribution in [0.25, 0.3) is 0 Å². The van der Waals surface area contributed by atoms with Crippen LogP contribution in [0.15, 0.2) is 42.4 Å². The highest BCUT2D eigenvalue weighted by Gasteiger charge is 2.61. The Morgan fingerprint density at radius 2 is 1.81 bits per heavy atom. The van der Waals surface area contributed by atoms with Crippen LogP contribution in [0.2, 0.25) is 0 Å². The van der Waals surface area contributed by atoms with E-state index in [0.717, 1.165) is 43.4 Å². The van der Waals surface area contributed by atoms with Crippen LogP contribution in [-0.2, 0) is 6.42 Å². The molecule has 1 aliphatic heterocycles. The van der Waals surface area contributed by atoms with E-state index in [9.17, 15) is 17.6 Å². The van der Waals surface area contributed by atoms with E-state index in [0.29, 0.717) is 32.4 Å². The number of hydrogen-bond donors (Lipinski definition) is 0. The van der Waals surface area contributed by atoms with E-state index in [4.69, 9.17) is 0 Å². The summed E-state index contributed by atoms with van der Waals surface area (Å²) in [6.45, 7) is 3.50. The summed E-state index contributed by atoms with van der Waals surface area (Å²) >= 11 is 1.66. The third-order valence-electron chi connectivity index (χ3n) is 6.78. The number of alkyl halides is 1. The van der Waals surface area contributed by atoms with Crippen LogP contribution in [0.4, 0.5) is 17.6 Å². The molecule has 1 saturated carbocycles. The lowest BCUT2D eigenvalue weighted by Crippen LogP contribution is -2.53. The number of piperazine rings is 1. The molecule has 1 saturated heterocycles. The van der Waals surface area contributed by atoms with Gasteiger partial charge in [-0.3, -0.25) is 0 Å². The highest BCUT2D eigenvalue weighted by molar-refractivity contribution is 7.97. The zero-order valence-electron chi connectivity index (χ0n) is 19.0. The minimum absolute atomic E-state index is 0.150. The monoisotopic (exact) mass is 472 g/mol. The molecule has 2 unspecified atom stereocenters. The molecule has 180 valence electrons. The Balaban J connectivity index is 1.49. The number of rotatable bonds is 13. The Kier molecular flexibility index (Phi) is 9.77. The van der Waals surface area contributed by atoms with Crippen molar-refractivity contribution in [3.8, 4) is 0 Å². The highest BCUT2D eigenvalue weighted by atomic mass is 32.2. The zero-order chi connectivity index (χ0) is 23.0. The molecule has 1 aromatic rings. The summed E-state index contributed by atoms with van der Waals surface area (Å²) in [6, 6.07) is 9.95. The van der Waals surface area contributed by atoms with E-state index in [2.05, 4.69) is 11.2 Å². The molecule has 0 radical (unpaired) electrons. The van der Waals surface area contributed by atoms with E-state index in [-0.39, 0.29) is 12.5 Å². The van der Waals surface area contributed by atoms with Crippen LogP contribution >= 0.6 is 11.9 Å². The van der Waals surface area contributed by atoms with Gasteiger partial charge in [0.05, 0.1) is 5.54 Å².